The molecule has 4 heteroatoms. The van der Waals surface area contributed by atoms with Crippen molar-refractivity contribution in [2.45, 2.75) is 6.92 Å². The average molecular weight is 141 g/mol. The Morgan fingerprint density at radius 2 is 2.10 bits per heavy atom. The molecule has 0 atom stereocenters. The summed E-state index contributed by atoms with van der Waals surface area (Å²) in [6.07, 6.45) is 0. The molecule has 0 N–H and O–H groups in total. The van der Waals surface area contributed by atoms with E-state index in [2.05, 4.69) is 5.10 Å². The molecule has 0 aromatic rings. The molecule has 0 spiro atoms. The highest BCUT2D eigenvalue weighted by molar-refractivity contribution is 6.37. The van der Waals surface area contributed by atoms with Gasteiger partial charge in [0.15, 0.2) is 0 Å². The molecule has 0 aromatic heterocycles. The van der Waals surface area contributed by atoms with Gasteiger partial charge in [-0.1, -0.05) is 0 Å². The van der Waals surface area contributed by atoms with E-state index in [1.54, 1.807) is 23.9 Å². The van der Waals surface area contributed by atoms with Crippen molar-refractivity contribution >= 4 is 11.6 Å². The molecule has 0 radical (unpaired) electrons. The quantitative estimate of drug-likeness (QED) is 0.465. The van der Waals surface area contributed by atoms with Crippen LogP contribution in [0.3, 0.4) is 0 Å². The van der Waals surface area contributed by atoms with E-state index in [0.29, 0.717) is 12.4 Å². The number of rotatable bonds is 0. The van der Waals surface area contributed by atoms with Gasteiger partial charge in [0.05, 0.1) is 0 Å². The van der Waals surface area contributed by atoms with Gasteiger partial charge < -0.3 is 4.90 Å². The van der Waals surface area contributed by atoms with E-state index in [9.17, 15) is 4.79 Å². The number of amides is 1. The molecule has 0 unspecified atom stereocenters. The molecule has 10 heavy (non-hydrogen) atoms. The Morgan fingerprint density at radius 3 is 2.60 bits per heavy atom. The van der Waals surface area contributed by atoms with Gasteiger partial charge in [0.25, 0.3) is 5.91 Å². The summed E-state index contributed by atoms with van der Waals surface area (Å²) in [4.78, 5) is 12.7. The van der Waals surface area contributed by atoms with Crippen LogP contribution in [0.15, 0.2) is 5.10 Å². The second-order valence-electron chi connectivity index (χ2n) is 2.49. The minimum Gasteiger partial charge on any atom is -0.321 e. The van der Waals surface area contributed by atoms with Gasteiger partial charge in [-0.25, -0.2) is 0 Å². The van der Waals surface area contributed by atoms with E-state index >= 15 is 0 Å². The molecule has 0 aromatic carbocycles. The van der Waals surface area contributed by atoms with Gasteiger partial charge >= 0.3 is 0 Å². The van der Waals surface area contributed by atoms with Crippen molar-refractivity contribution in [3.8, 4) is 0 Å². The van der Waals surface area contributed by atoms with Gasteiger partial charge in [-0.2, -0.15) is 5.10 Å². The Kier molecular flexibility index (Phi) is 1.61. The van der Waals surface area contributed by atoms with E-state index < -0.39 is 0 Å². The Bertz CT molecular complexity index is 187. The van der Waals surface area contributed by atoms with Crippen LogP contribution in [0, 0.1) is 0 Å². The molecule has 0 bridgehead atoms. The second-order valence-corrected chi connectivity index (χ2v) is 2.49. The fraction of sp³-hybridized carbons (Fsp3) is 0.667. The lowest BCUT2D eigenvalue weighted by Crippen LogP contribution is -2.43. The Balaban J connectivity index is 2.81. The predicted molar refractivity (Wildman–Crippen MR) is 38.5 cm³/mol. The number of carbonyl (C=O) groups excluding carboxylic acids is 1. The summed E-state index contributed by atoms with van der Waals surface area (Å²) in [5, 5.41) is 5.71. The summed E-state index contributed by atoms with van der Waals surface area (Å²) in [6, 6.07) is 0. The lowest BCUT2D eigenvalue weighted by molar-refractivity contribution is -0.125. The van der Waals surface area contributed by atoms with Crippen LogP contribution in [0.1, 0.15) is 6.92 Å². The van der Waals surface area contributed by atoms with Gasteiger partial charge in [-0.05, 0) is 6.92 Å². The van der Waals surface area contributed by atoms with E-state index in [4.69, 9.17) is 0 Å². The van der Waals surface area contributed by atoms with E-state index in [-0.39, 0.29) is 5.91 Å². The zero-order valence-corrected chi connectivity index (χ0v) is 6.46. The first-order valence-corrected chi connectivity index (χ1v) is 3.13. The van der Waals surface area contributed by atoms with E-state index in [1.165, 1.54) is 0 Å². The van der Waals surface area contributed by atoms with Gasteiger partial charge in [0, 0.05) is 14.1 Å². The normalized spacial score (nSPS) is 19.5. The number of hydrazone groups is 1. The summed E-state index contributed by atoms with van der Waals surface area (Å²) in [6.45, 7) is 2.30. The van der Waals surface area contributed by atoms with Gasteiger partial charge in [-0.3, -0.25) is 9.80 Å². The summed E-state index contributed by atoms with van der Waals surface area (Å²) < 4.78 is 0. The smallest absolute Gasteiger partial charge is 0.270 e. The van der Waals surface area contributed by atoms with Crippen molar-refractivity contribution in [2.24, 2.45) is 5.10 Å². The molecular formula is C6H11N3O. The molecule has 1 amide bonds. The number of nitrogens with zero attached hydrogens (tertiary/aromatic N) is 3. The van der Waals surface area contributed by atoms with E-state index in [1.807, 2.05) is 7.05 Å². The summed E-state index contributed by atoms with van der Waals surface area (Å²) in [5.41, 5.74) is 0.552. The van der Waals surface area contributed by atoms with E-state index in [0.717, 1.165) is 0 Å². The Labute approximate surface area is 60.1 Å². The van der Waals surface area contributed by atoms with Gasteiger partial charge in [0.1, 0.15) is 12.4 Å². The number of hydrogen-bond acceptors (Lipinski definition) is 3. The zero-order valence-electron chi connectivity index (χ0n) is 6.46. The number of hydrogen-bond donors (Lipinski definition) is 0. The van der Waals surface area contributed by atoms with Crippen LogP contribution in [-0.2, 0) is 4.79 Å². The summed E-state index contributed by atoms with van der Waals surface area (Å²) in [5.74, 6) is 0.0121. The topological polar surface area (TPSA) is 35.9 Å². The monoisotopic (exact) mass is 141 g/mol. The summed E-state index contributed by atoms with van der Waals surface area (Å²) >= 11 is 0. The largest absolute Gasteiger partial charge is 0.321 e. The maximum absolute atomic E-state index is 11.0. The Hall–Kier alpha value is -1.06. The van der Waals surface area contributed by atoms with Crippen LogP contribution >= 0.6 is 0 Å². The van der Waals surface area contributed by atoms with Crippen molar-refractivity contribution in [3.05, 3.63) is 0 Å². The van der Waals surface area contributed by atoms with Crippen molar-refractivity contribution in [1.29, 1.82) is 0 Å². The van der Waals surface area contributed by atoms with Crippen LogP contribution in [0.2, 0.25) is 0 Å². The van der Waals surface area contributed by atoms with Crippen LogP contribution in [-0.4, -0.2) is 42.3 Å². The lowest BCUT2D eigenvalue weighted by Gasteiger charge is -2.27. The second kappa shape index (κ2) is 2.28. The first-order valence-electron chi connectivity index (χ1n) is 3.13. The van der Waals surface area contributed by atoms with Gasteiger partial charge in [0.2, 0.25) is 0 Å². The highest BCUT2D eigenvalue weighted by Crippen LogP contribution is 1.99. The lowest BCUT2D eigenvalue weighted by atomic mass is 10.3. The third-order valence-corrected chi connectivity index (χ3v) is 1.39. The fourth-order valence-electron chi connectivity index (χ4n) is 0.978. The van der Waals surface area contributed by atoms with Crippen LogP contribution in [0.5, 0.6) is 0 Å². The van der Waals surface area contributed by atoms with Crippen molar-refractivity contribution in [3.63, 3.8) is 0 Å². The molecule has 4 nitrogen and oxygen atoms in total. The first-order chi connectivity index (χ1) is 4.61. The molecule has 1 aliphatic rings. The molecule has 1 aliphatic heterocycles. The predicted octanol–water partition coefficient (Wildman–Crippen LogP) is -0.276. The SMILES string of the molecule is CC1=NN(C)CN(C)C1=O. The fourth-order valence-corrected chi connectivity index (χ4v) is 0.978. The number of carbonyl (C=O) groups is 1. The van der Waals surface area contributed by atoms with Crippen molar-refractivity contribution in [1.82, 2.24) is 9.91 Å². The van der Waals surface area contributed by atoms with Crippen LogP contribution < -0.4 is 0 Å². The minimum atomic E-state index is 0.0121. The standard InChI is InChI=1S/C6H11N3O/c1-5-6(10)8(2)4-9(3)7-5/h4H2,1-3H3. The molecule has 0 aliphatic carbocycles. The third kappa shape index (κ3) is 1.10. The van der Waals surface area contributed by atoms with Gasteiger partial charge in [-0.15, -0.1) is 0 Å². The maximum atomic E-state index is 11.0. The highest BCUT2D eigenvalue weighted by Gasteiger charge is 2.18. The minimum absolute atomic E-state index is 0.0121. The van der Waals surface area contributed by atoms with Crippen molar-refractivity contribution in [2.75, 3.05) is 20.8 Å². The average Bonchev–Trinajstić information content (AvgIpc) is 1.82. The molecule has 56 valence electrons. The summed E-state index contributed by atoms with van der Waals surface area (Å²) in [7, 11) is 3.60. The molecule has 0 saturated carbocycles. The molecular weight excluding hydrogens is 130 g/mol. The maximum Gasteiger partial charge on any atom is 0.270 e. The Morgan fingerprint density at radius 1 is 1.50 bits per heavy atom. The first kappa shape index (κ1) is 7.05. The zero-order chi connectivity index (χ0) is 7.72. The van der Waals surface area contributed by atoms with Crippen LogP contribution in [0.4, 0.5) is 0 Å². The molecule has 1 rings (SSSR count). The van der Waals surface area contributed by atoms with Crippen LogP contribution in [0.25, 0.3) is 0 Å². The third-order valence-electron chi connectivity index (χ3n) is 1.39. The highest BCUT2D eigenvalue weighted by atomic mass is 16.2. The van der Waals surface area contributed by atoms with Crippen molar-refractivity contribution < 1.29 is 4.79 Å². The molecule has 0 fully saturated rings. The molecule has 1 heterocycles. The molecule has 0 saturated heterocycles.